The van der Waals surface area contributed by atoms with E-state index >= 15 is 0 Å². The third kappa shape index (κ3) is 3.69. The van der Waals surface area contributed by atoms with Crippen LogP contribution in [0.4, 0.5) is 0 Å². The summed E-state index contributed by atoms with van der Waals surface area (Å²) in [5.41, 5.74) is 0. The van der Waals surface area contributed by atoms with Crippen molar-refractivity contribution in [1.82, 2.24) is 5.32 Å². The van der Waals surface area contributed by atoms with Gasteiger partial charge >= 0.3 is 0 Å². The van der Waals surface area contributed by atoms with Gasteiger partial charge < -0.3 is 5.32 Å². The van der Waals surface area contributed by atoms with Crippen molar-refractivity contribution in [3.63, 3.8) is 0 Å². The fourth-order valence-electron chi connectivity index (χ4n) is 2.46. The van der Waals surface area contributed by atoms with Crippen LogP contribution in [0.15, 0.2) is 12.2 Å². The van der Waals surface area contributed by atoms with Crippen molar-refractivity contribution < 1.29 is 4.79 Å². The SMILES string of the molecule is CC=CCC1CC(C)CC1NC(=O)CC. The maximum atomic E-state index is 11.4. The lowest BCUT2D eigenvalue weighted by atomic mass is 9.98. The van der Waals surface area contributed by atoms with E-state index in [0.717, 1.165) is 18.8 Å². The van der Waals surface area contributed by atoms with Gasteiger partial charge in [-0.15, -0.1) is 0 Å². The number of rotatable bonds is 4. The van der Waals surface area contributed by atoms with Crippen LogP contribution in [-0.4, -0.2) is 11.9 Å². The molecule has 3 atom stereocenters. The highest BCUT2D eigenvalue weighted by atomic mass is 16.1. The molecule has 2 nitrogen and oxygen atoms in total. The van der Waals surface area contributed by atoms with E-state index < -0.39 is 0 Å². The molecule has 0 radical (unpaired) electrons. The van der Waals surface area contributed by atoms with E-state index in [9.17, 15) is 4.79 Å². The molecule has 1 amide bonds. The van der Waals surface area contributed by atoms with Gasteiger partial charge in [-0.3, -0.25) is 4.79 Å². The van der Waals surface area contributed by atoms with Crippen LogP contribution in [0, 0.1) is 11.8 Å². The Labute approximate surface area is 93.1 Å². The Morgan fingerprint density at radius 1 is 1.47 bits per heavy atom. The topological polar surface area (TPSA) is 29.1 Å². The maximum Gasteiger partial charge on any atom is 0.219 e. The third-order valence-electron chi connectivity index (χ3n) is 3.27. The minimum absolute atomic E-state index is 0.194. The second kappa shape index (κ2) is 5.94. The van der Waals surface area contributed by atoms with Crippen molar-refractivity contribution in [3.8, 4) is 0 Å². The summed E-state index contributed by atoms with van der Waals surface area (Å²) in [5, 5.41) is 3.15. The summed E-state index contributed by atoms with van der Waals surface area (Å²) in [7, 11) is 0. The number of carbonyl (C=O) groups excluding carboxylic acids is 1. The Morgan fingerprint density at radius 2 is 2.20 bits per heavy atom. The second-order valence-corrected chi connectivity index (χ2v) is 4.67. The van der Waals surface area contributed by atoms with Gasteiger partial charge in [0.2, 0.25) is 5.91 Å². The molecule has 0 aliphatic heterocycles. The molecule has 0 bridgehead atoms. The number of nitrogens with one attached hydrogen (secondary N) is 1. The average molecular weight is 209 g/mol. The van der Waals surface area contributed by atoms with Crippen LogP contribution in [0.2, 0.25) is 0 Å². The predicted molar refractivity (Wildman–Crippen MR) is 63.5 cm³/mol. The molecule has 15 heavy (non-hydrogen) atoms. The molecule has 0 saturated heterocycles. The van der Waals surface area contributed by atoms with Crippen LogP contribution in [-0.2, 0) is 4.79 Å². The van der Waals surface area contributed by atoms with Gasteiger partial charge in [0.15, 0.2) is 0 Å². The molecule has 0 spiro atoms. The zero-order chi connectivity index (χ0) is 11.3. The summed E-state index contributed by atoms with van der Waals surface area (Å²) in [4.78, 5) is 11.4. The first-order chi connectivity index (χ1) is 7.17. The van der Waals surface area contributed by atoms with Crippen molar-refractivity contribution >= 4 is 5.91 Å². The molecule has 1 fully saturated rings. The van der Waals surface area contributed by atoms with Crippen molar-refractivity contribution in [2.75, 3.05) is 0 Å². The van der Waals surface area contributed by atoms with Gasteiger partial charge in [-0.05, 0) is 38.0 Å². The van der Waals surface area contributed by atoms with Crippen LogP contribution >= 0.6 is 0 Å². The first-order valence-corrected chi connectivity index (χ1v) is 6.07. The second-order valence-electron chi connectivity index (χ2n) is 4.67. The Morgan fingerprint density at radius 3 is 2.80 bits per heavy atom. The Balaban J connectivity index is 2.48. The number of hydrogen-bond donors (Lipinski definition) is 1. The quantitative estimate of drug-likeness (QED) is 0.709. The summed E-state index contributed by atoms with van der Waals surface area (Å²) in [6.45, 7) is 6.24. The number of hydrogen-bond acceptors (Lipinski definition) is 1. The van der Waals surface area contributed by atoms with Crippen LogP contribution < -0.4 is 5.32 Å². The summed E-state index contributed by atoms with van der Waals surface area (Å²) in [6, 6.07) is 0.406. The number of allylic oxidation sites excluding steroid dienone is 2. The smallest absolute Gasteiger partial charge is 0.219 e. The van der Waals surface area contributed by atoms with E-state index in [-0.39, 0.29) is 5.91 Å². The van der Waals surface area contributed by atoms with Crippen LogP contribution in [0.1, 0.15) is 46.5 Å². The fourth-order valence-corrected chi connectivity index (χ4v) is 2.46. The van der Waals surface area contributed by atoms with E-state index in [1.54, 1.807) is 0 Å². The first-order valence-electron chi connectivity index (χ1n) is 6.07. The lowest BCUT2D eigenvalue weighted by Crippen LogP contribution is -2.36. The highest BCUT2D eigenvalue weighted by Gasteiger charge is 2.31. The predicted octanol–water partition coefficient (Wildman–Crippen LogP) is 2.89. The number of carbonyl (C=O) groups is 1. The summed E-state index contributed by atoms with van der Waals surface area (Å²) >= 11 is 0. The molecule has 0 aromatic heterocycles. The molecule has 0 aromatic carbocycles. The van der Waals surface area contributed by atoms with Gasteiger partial charge in [0.1, 0.15) is 0 Å². The first kappa shape index (κ1) is 12.3. The standard InChI is InChI=1S/C13H23NO/c1-4-6-7-11-8-10(3)9-12(11)14-13(15)5-2/h4,6,10-12H,5,7-9H2,1-3H3,(H,14,15). The van der Waals surface area contributed by atoms with Crippen molar-refractivity contribution in [2.45, 2.75) is 52.5 Å². The zero-order valence-corrected chi connectivity index (χ0v) is 10.1. The fraction of sp³-hybridized carbons (Fsp3) is 0.769. The van der Waals surface area contributed by atoms with E-state index in [4.69, 9.17) is 0 Å². The van der Waals surface area contributed by atoms with Crippen molar-refractivity contribution in [2.24, 2.45) is 11.8 Å². The highest BCUT2D eigenvalue weighted by Crippen LogP contribution is 2.33. The maximum absolute atomic E-state index is 11.4. The van der Waals surface area contributed by atoms with Crippen LogP contribution in [0.25, 0.3) is 0 Å². The molecule has 1 rings (SSSR count). The van der Waals surface area contributed by atoms with Gasteiger partial charge in [0, 0.05) is 12.5 Å². The molecule has 1 N–H and O–H groups in total. The normalized spacial score (nSPS) is 31.0. The summed E-state index contributed by atoms with van der Waals surface area (Å²) < 4.78 is 0. The summed E-state index contributed by atoms with van der Waals surface area (Å²) in [5.74, 6) is 1.59. The molecule has 0 aromatic rings. The van der Waals surface area contributed by atoms with E-state index in [1.807, 2.05) is 6.92 Å². The highest BCUT2D eigenvalue weighted by molar-refractivity contribution is 5.75. The van der Waals surface area contributed by atoms with Crippen molar-refractivity contribution in [3.05, 3.63) is 12.2 Å². The molecular formula is C13H23NO. The van der Waals surface area contributed by atoms with Gasteiger partial charge in [-0.2, -0.15) is 0 Å². The lowest BCUT2D eigenvalue weighted by Gasteiger charge is -2.19. The molecule has 3 unspecified atom stereocenters. The monoisotopic (exact) mass is 209 g/mol. The largest absolute Gasteiger partial charge is 0.353 e. The van der Waals surface area contributed by atoms with Crippen LogP contribution in [0.3, 0.4) is 0 Å². The van der Waals surface area contributed by atoms with Crippen LogP contribution in [0.5, 0.6) is 0 Å². The van der Waals surface area contributed by atoms with Gasteiger partial charge in [0.25, 0.3) is 0 Å². The molecule has 0 heterocycles. The molecule has 2 heteroatoms. The molecule has 86 valence electrons. The van der Waals surface area contributed by atoms with Crippen molar-refractivity contribution in [1.29, 1.82) is 0 Å². The Bertz CT molecular complexity index is 235. The Kier molecular flexibility index (Phi) is 4.86. The van der Waals surface area contributed by atoms with Gasteiger partial charge in [-0.1, -0.05) is 26.0 Å². The average Bonchev–Trinajstić information content (AvgIpc) is 2.55. The molecule has 1 saturated carbocycles. The molecule has 1 aliphatic carbocycles. The minimum Gasteiger partial charge on any atom is -0.353 e. The van der Waals surface area contributed by atoms with E-state index in [2.05, 4.69) is 31.3 Å². The zero-order valence-electron chi connectivity index (χ0n) is 10.1. The Hall–Kier alpha value is -0.790. The number of amides is 1. The van der Waals surface area contributed by atoms with E-state index in [1.165, 1.54) is 6.42 Å². The third-order valence-corrected chi connectivity index (χ3v) is 3.27. The molecular weight excluding hydrogens is 186 g/mol. The minimum atomic E-state index is 0.194. The summed E-state index contributed by atoms with van der Waals surface area (Å²) in [6.07, 6.45) is 8.42. The molecule has 1 aliphatic rings. The lowest BCUT2D eigenvalue weighted by molar-refractivity contribution is -0.121. The van der Waals surface area contributed by atoms with Gasteiger partial charge in [-0.25, -0.2) is 0 Å². The van der Waals surface area contributed by atoms with Gasteiger partial charge in [0.05, 0.1) is 0 Å². The van der Waals surface area contributed by atoms with E-state index in [0.29, 0.717) is 18.4 Å².